The molecular formula is C17H16N2O2S. The van der Waals surface area contributed by atoms with Gasteiger partial charge in [0.15, 0.2) is 9.84 Å². The Morgan fingerprint density at radius 2 is 1.68 bits per heavy atom. The SMILES string of the molecule is Cc1ccc(S(=O)(=O)[C@@H]2[C@H](c3ccccc3)[C@]2(N)C#N)cc1. The molecule has 1 fully saturated rings. The van der Waals surface area contributed by atoms with Crippen molar-refractivity contribution in [3.63, 3.8) is 0 Å². The number of aryl methyl sites for hydroxylation is 1. The van der Waals surface area contributed by atoms with E-state index in [1.165, 1.54) is 0 Å². The molecule has 0 amide bonds. The summed E-state index contributed by atoms with van der Waals surface area (Å²) in [4.78, 5) is 0.214. The van der Waals surface area contributed by atoms with E-state index in [1.807, 2.05) is 43.3 Å². The third-order valence-electron chi connectivity index (χ3n) is 4.22. The average Bonchev–Trinajstić information content (AvgIpc) is 3.16. The molecule has 0 aromatic heterocycles. The molecule has 2 N–H and O–H groups in total. The van der Waals surface area contributed by atoms with E-state index in [4.69, 9.17) is 5.73 Å². The number of sulfone groups is 1. The highest BCUT2D eigenvalue weighted by Gasteiger charge is 2.70. The zero-order valence-electron chi connectivity index (χ0n) is 12.1. The van der Waals surface area contributed by atoms with E-state index in [0.29, 0.717) is 0 Å². The molecule has 0 heterocycles. The van der Waals surface area contributed by atoms with Crippen LogP contribution >= 0.6 is 0 Å². The first-order chi connectivity index (χ1) is 10.4. The van der Waals surface area contributed by atoms with Gasteiger partial charge in [0, 0.05) is 5.92 Å². The van der Waals surface area contributed by atoms with Crippen LogP contribution in [0.3, 0.4) is 0 Å². The molecule has 0 unspecified atom stereocenters. The molecule has 0 radical (unpaired) electrons. The Kier molecular flexibility index (Phi) is 3.32. The summed E-state index contributed by atoms with van der Waals surface area (Å²) in [6.45, 7) is 1.89. The second-order valence-corrected chi connectivity index (χ2v) is 7.78. The van der Waals surface area contributed by atoms with Crippen molar-refractivity contribution in [1.29, 1.82) is 5.26 Å². The van der Waals surface area contributed by atoms with Crippen molar-refractivity contribution < 1.29 is 8.42 Å². The summed E-state index contributed by atoms with van der Waals surface area (Å²) in [5, 5.41) is 8.48. The quantitative estimate of drug-likeness (QED) is 0.941. The van der Waals surface area contributed by atoms with Gasteiger partial charge < -0.3 is 5.73 Å². The van der Waals surface area contributed by atoms with Gasteiger partial charge in [0.05, 0.1) is 11.0 Å². The monoisotopic (exact) mass is 312 g/mol. The number of hydrogen-bond donors (Lipinski definition) is 1. The summed E-state index contributed by atoms with van der Waals surface area (Å²) in [6, 6.07) is 17.8. The van der Waals surface area contributed by atoms with E-state index in [9.17, 15) is 13.7 Å². The van der Waals surface area contributed by atoms with E-state index >= 15 is 0 Å². The van der Waals surface area contributed by atoms with Crippen molar-refractivity contribution in [3.05, 3.63) is 65.7 Å². The van der Waals surface area contributed by atoms with Crippen molar-refractivity contribution in [3.8, 4) is 6.07 Å². The van der Waals surface area contributed by atoms with E-state index in [-0.39, 0.29) is 4.90 Å². The Morgan fingerprint density at radius 1 is 1.09 bits per heavy atom. The Bertz CT molecular complexity index is 838. The van der Waals surface area contributed by atoms with Gasteiger partial charge in [-0.05, 0) is 24.6 Å². The maximum atomic E-state index is 12.8. The zero-order valence-corrected chi connectivity index (χ0v) is 12.9. The minimum Gasteiger partial charge on any atom is -0.312 e. The maximum Gasteiger partial charge on any atom is 0.184 e. The van der Waals surface area contributed by atoms with Crippen molar-refractivity contribution in [2.45, 2.75) is 28.5 Å². The Balaban J connectivity index is 2.04. The third kappa shape index (κ3) is 2.12. The fourth-order valence-corrected chi connectivity index (χ4v) is 5.11. The van der Waals surface area contributed by atoms with Crippen LogP contribution in [-0.4, -0.2) is 19.2 Å². The average molecular weight is 312 g/mol. The van der Waals surface area contributed by atoms with E-state index in [1.54, 1.807) is 24.3 Å². The minimum atomic E-state index is -3.65. The summed E-state index contributed by atoms with van der Waals surface area (Å²) in [7, 11) is -3.65. The topological polar surface area (TPSA) is 83.9 Å². The predicted octanol–water partition coefficient (Wildman–Crippen LogP) is 2.16. The summed E-state index contributed by atoms with van der Waals surface area (Å²) in [6.07, 6.45) is 0. The summed E-state index contributed by atoms with van der Waals surface area (Å²) >= 11 is 0. The first kappa shape index (κ1) is 14.8. The molecule has 0 saturated heterocycles. The Hall–Kier alpha value is -2.16. The summed E-state index contributed by atoms with van der Waals surface area (Å²) in [5.41, 5.74) is 6.47. The molecule has 3 rings (SSSR count). The molecular weight excluding hydrogens is 296 g/mol. The zero-order chi connectivity index (χ0) is 16.0. The second-order valence-electron chi connectivity index (χ2n) is 5.71. The van der Waals surface area contributed by atoms with Gasteiger partial charge in [0.1, 0.15) is 10.8 Å². The number of nitriles is 1. The van der Waals surface area contributed by atoms with Crippen LogP contribution in [0.5, 0.6) is 0 Å². The van der Waals surface area contributed by atoms with Gasteiger partial charge in [-0.15, -0.1) is 0 Å². The number of nitrogens with two attached hydrogens (primary N) is 1. The van der Waals surface area contributed by atoms with Crippen LogP contribution in [0, 0.1) is 18.3 Å². The van der Waals surface area contributed by atoms with Crippen molar-refractivity contribution in [2.75, 3.05) is 0 Å². The van der Waals surface area contributed by atoms with Gasteiger partial charge in [-0.2, -0.15) is 5.26 Å². The van der Waals surface area contributed by atoms with Crippen LogP contribution in [0.4, 0.5) is 0 Å². The van der Waals surface area contributed by atoms with Gasteiger partial charge in [-0.25, -0.2) is 8.42 Å². The molecule has 0 aliphatic heterocycles. The molecule has 4 nitrogen and oxygen atoms in total. The lowest BCUT2D eigenvalue weighted by Crippen LogP contribution is -2.29. The second kappa shape index (κ2) is 4.94. The van der Waals surface area contributed by atoms with Gasteiger partial charge in [0.25, 0.3) is 0 Å². The molecule has 2 aromatic rings. The van der Waals surface area contributed by atoms with Crippen LogP contribution in [0.2, 0.25) is 0 Å². The Labute approximate surface area is 130 Å². The lowest BCUT2D eigenvalue weighted by molar-refractivity contribution is 0.592. The van der Waals surface area contributed by atoms with Crippen LogP contribution in [0.1, 0.15) is 17.0 Å². The third-order valence-corrected chi connectivity index (χ3v) is 6.48. The molecule has 0 bridgehead atoms. The Morgan fingerprint density at radius 3 is 2.23 bits per heavy atom. The highest BCUT2D eigenvalue weighted by molar-refractivity contribution is 7.92. The molecule has 5 heteroatoms. The molecule has 112 valence electrons. The number of hydrogen-bond acceptors (Lipinski definition) is 4. The highest BCUT2D eigenvalue weighted by atomic mass is 32.2. The number of rotatable bonds is 3. The minimum absolute atomic E-state index is 0.214. The van der Waals surface area contributed by atoms with Gasteiger partial charge in [-0.3, -0.25) is 0 Å². The normalized spacial score (nSPS) is 27.1. The maximum absolute atomic E-state index is 12.8. The number of nitrogens with zero attached hydrogens (tertiary/aromatic N) is 1. The standard InChI is InChI=1S/C17H16N2O2S/c1-12-7-9-14(10-8-12)22(20,21)16-15(17(16,19)11-18)13-5-3-2-4-6-13/h2-10,15-16H,19H2,1H3/t15-,16+,17+/m0/s1. The van der Waals surface area contributed by atoms with Gasteiger partial charge in [-0.1, -0.05) is 48.0 Å². The van der Waals surface area contributed by atoms with Crippen molar-refractivity contribution >= 4 is 9.84 Å². The van der Waals surface area contributed by atoms with E-state index in [2.05, 4.69) is 0 Å². The van der Waals surface area contributed by atoms with Crippen LogP contribution in [0.15, 0.2) is 59.5 Å². The van der Waals surface area contributed by atoms with Crippen molar-refractivity contribution in [1.82, 2.24) is 0 Å². The van der Waals surface area contributed by atoms with Crippen LogP contribution in [-0.2, 0) is 9.84 Å². The fraction of sp³-hybridized carbons (Fsp3) is 0.235. The largest absolute Gasteiger partial charge is 0.312 e. The molecule has 3 atom stereocenters. The molecule has 22 heavy (non-hydrogen) atoms. The predicted molar refractivity (Wildman–Crippen MR) is 83.9 cm³/mol. The lowest BCUT2D eigenvalue weighted by atomic mass is 10.1. The van der Waals surface area contributed by atoms with Crippen molar-refractivity contribution in [2.24, 2.45) is 5.73 Å². The first-order valence-corrected chi connectivity index (χ1v) is 8.51. The molecule has 1 aliphatic carbocycles. The smallest absolute Gasteiger partial charge is 0.184 e. The number of benzene rings is 2. The molecule has 2 aromatic carbocycles. The van der Waals surface area contributed by atoms with E-state index < -0.39 is 26.5 Å². The fourth-order valence-electron chi connectivity index (χ4n) is 2.93. The summed E-state index contributed by atoms with van der Waals surface area (Å²) < 4.78 is 25.7. The molecule has 1 aliphatic rings. The summed E-state index contributed by atoms with van der Waals surface area (Å²) in [5.74, 6) is -0.495. The van der Waals surface area contributed by atoms with Gasteiger partial charge >= 0.3 is 0 Å². The van der Waals surface area contributed by atoms with Crippen LogP contribution in [0.25, 0.3) is 0 Å². The van der Waals surface area contributed by atoms with Gasteiger partial charge in [0.2, 0.25) is 0 Å². The lowest BCUT2D eigenvalue weighted by Gasteiger charge is -2.05. The first-order valence-electron chi connectivity index (χ1n) is 6.97. The van der Waals surface area contributed by atoms with E-state index in [0.717, 1.165) is 11.1 Å². The van der Waals surface area contributed by atoms with Crippen LogP contribution < -0.4 is 5.73 Å². The highest BCUT2D eigenvalue weighted by Crippen LogP contribution is 2.55. The molecule has 0 spiro atoms. The molecule has 1 saturated carbocycles.